The van der Waals surface area contributed by atoms with Crippen molar-refractivity contribution in [1.82, 2.24) is 5.32 Å². The number of methoxy groups -OCH3 is 1. The molecule has 1 unspecified atom stereocenters. The van der Waals surface area contributed by atoms with Crippen LogP contribution in [0.5, 0.6) is 0 Å². The van der Waals surface area contributed by atoms with E-state index in [4.69, 9.17) is 14.2 Å². The van der Waals surface area contributed by atoms with E-state index in [1.54, 1.807) is 7.11 Å². The lowest BCUT2D eigenvalue weighted by Gasteiger charge is -2.18. The summed E-state index contributed by atoms with van der Waals surface area (Å²) in [5.41, 5.74) is 0. The van der Waals surface area contributed by atoms with Crippen molar-refractivity contribution in [2.75, 3.05) is 33.5 Å². The first-order valence-electron chi connectivity index (χ1n) is 23.2. The summed E-state index contributed by atoms with van der Waals surface area (Å²) in [6, 6.07) is 0. The third-order valence-electron chi connectivity index (χ3n) is 10.6. The lowest BCUT2D eigenvalue weighted by molar-refractivity contribution is -0.151. The van der Waals surface area contributed by atoms with Crippen LogP contribution in [0.1, 0.15) is 252 Å². The van der Waals surface area contributed by atoms with Gasteiger partial charge in [-0.2, -0.15) is 0 Å². The quantitative estimate of drug-likeness (QED) is 0.0495. The summed E-state index contributed by atoms with van der Waals surface area (Å²) in [5.74, 6) is -0.314. The summed E-state index contributed by atoms with van der Waals surface area (Å²) in [5, 5.41) is 2.89. The van der Waals surface area contributed by atoms with Crippen molar-refractivity contribution in [2.45, 2.75) is 259 Å². The number of amides is 1. The van der Waals surface area contributed by atoms with Crippen molar-refractivity contribution < 1.29 is 23.8 Å². The van der Waals surface area contributed by atoms with E-state index in [0.29, 0.717) is 26.4 Å². The first kappa shape index (κ1) is 54.0. The Morgan fingerprint density at radius 3 is 1.17 bits per heavy atom. The van der Waals surface area contributed by atoms with Gasteiger partial charge in [-0.05, 0) is 32.1 Å². The maximum atomic E-state index is 12.7. The van der Waals surface area contributed by atoms with Gasteiger partial charge >= 0.3 is 5.97 Å². The van der Waals surface area contributed by atoms with Crippen LogP contribution in [-0.4, -0.2) is 51.5 Å². The molecule has 0 aromatic carbocycles. The Balaban J connectivity index is 0. The smallest absolute Gasteiger partial charge is 0.306 e. The number of rotatable bonds is 44. The van der Waals surface area contributed by atoms with E-state index in [9.17, 15) is 9.59 Å². The van der Waals surface area contributed by atoms with Crippen molar-refractivity contribution in [3.8, 4) is 0 Å². The molecule has 0 rings (SSSR count). The number of esters is 1. The summed E-state index contributed by atoms with van der Waals surface area (Å²) in [7, 11) is 1.65. The average molecular weight is 754 g/mol. The summed E-state index contributed by atoms with van der Waals surface area (Å²) < 4.78 is 16.4. The average Bonchev–Trinajstić information content (AvgIpc) is 3.14. The molecule has 6 heteroatoms. The molecule has 0 aromatic heterocycles. The van der Waals surface area contributed by atoms with Crippen LogP contribution in [0.4, 0.5) is 0 Å². The largest absolute Gasteiger partial charge is 0.462 e. The van der Waals surface area contributed by atoms with Crippen molar-refractivity contribution in [3.05, 3.63) is 0 Å². The van der Waals surface area contributed by atoms with E-state index in [2.05, 4.69) is 19.2 Å². The standard InChI is InChI=1S/C46H91NO5.CH4/c1-4-6-8-10-12-14-16-18-20-22-24-26-28-30-32-34-37-44(52-46(49)39-38-45(48)47-40-35-41-51-43-42-50-3)36-33-31-29-27-25-23-21-19-17-15-13-11-9-7-5-2;/h44H,4-43H2,1-3H3,(H,47,48);1H4. The molecule has 0 heterocycles. The highest BCUT2D eigenvalue weighted by atomic mass is 16.5. The molecular weight excluding hydrogens is 659 g/mol. The second-order valence-electron chi connectivity index (χ2n) is 15.8. The zero-order valence-corrected chi connectivity index (χ0v) is 35.4. The van der Waals surface area contributed by atoms with Gasteiger partial charge in [-0.15, -0.1) is 0 Å². The minimum atomic E-state index is -0.222. The van der Waals surface area contributed by atoms with E-state index in [1.807, 2.05) is 0 Å². The van der Waals surface area contributed by atoms with Crippen LogP contribution in [0.15, 0.2) is 0 Å². The predicted octanol–water partition coefficient (Wildman–Crippen LogP) is 14.4. The van der Waals surface area contributed by atoms with Crippen molar-refractivity contribution >= 4 is 11.9 Å². The molecule has 1 atom stereocenters. The number of ether oxygens (including phenoxy) is 3. The topological polar surface area (TPSA) is 73.9 Å². The van der Waals surface area contributed by atoms with Gasteiger partial charge in [0.2, 0.25) is 5.91 Å². The van der Waals surface area contributed by atoms with Gasteiger partial charge in [-0.25, -0.2) is 0 Å². The van der Waals surface area contributed by atoms with Crippen LogP contribution < -0.4 is 5.32 Å². The van der Waals surface area contributed by atoms with Gasteiger partial charge in [0.05, 0.1) is 19.6 Å². The van der Waals surface area contributed by atoms with E-state index < -0.39 is 0 Å². The van der Waals surface area contributed by atoms with Crippen LogP contribution in [0.2, 0.25) is 0 Å². The molecule has 0 aromatic rings. The molecule has 1 amide bonds. The molecule has 0 fully saturated rings. The fourth-order valence-electron chi connectivity index (χ4n) is 7.12. The maximum Gasteiger partial charge on any atom is 0.306 e. The Morgan fingerprint density at radius 1 is 0.453 bits per heavy atom. The molecule has 1 N–H and O–H groups in total. The van der Waals surface area contributed by atoms with E-state index in [-0.39, 0.29) is 38.2 Å². The minimum absolute atomic E-state index is 0. The molecule has 0 aliphatic rings. The molecule has 0 aliphatic heterocycles. The van der Waals surface area contributed by atoms with E-state index >= 15 is 0 Å². The van der Waals surface area contributed by atoms with Gasteiger partial charge < -0.3 is 19.5 Å². The second kappa shape index (κ2) is 47.0. The molecule has 0 radical (unpaired) electrons. The third-order valence-corrected chi connectivity index (χ3v) is 10.6. The molecule has 6 nitrogen and oxygen atoms in total. The number of hydrogen-bond donors (Lipinski definition) is 1. The number of unbranched alkanes of at least 4 members (excludes halogenated alkanes) is 29. The highest BCUT2D eigenvalue weighted by Gasteiger charge is 2.15. The normalized spacial score (nSPS) is 11.8. The van der Waals surface area contributed by atoms with Crippen LogP contribution in [0.3, 0.4) is 0 Å². The molecule has 0 saturated carbocycles. The SMILES string of the molecule is C.CCCCCCCCCCCCCCCCCCC(CCCCCCCCCCCCCCCCC)OC(=O)CCC(=O)NCCCOCCOC. The second-order valence-corrected chi connectivity index (χ2v) is 15.8. The van der Waals surface area contributed by atoms with Gasteiger partial charge in [-0.3, -0.25) is 9.59 Å². The molecule has 318 valence electrons. The summed E-state index contributed by atoms with van der Waals surface area (Å²) >= 11 is 0. The zero-order valence-electron chi connectivity index (χ0n) is 35.4. The summed E-state index contributed by atoms with van der Waals surface area (Å²) in [4.78, 5) is 25.0. The molecule has 0 saturated heterocycles. The van der Waals surface area contributed by atoms with Crippen LogP contribution >= 0.6 is 0 Å². The monoisotopic (exact) mass is 754 g/mol. The summed E-state index contributed by atoms with van der Waals surface area (Å²) in [6.07, 6.45) is 45.2. The number of carbonyl (C=O) groups is 2. The van der Waals surface area contributed by atoms with Crippen LogP contribution in [0, 0.1) is 0 Å². The molecule has 0 bridgehead atoms. The van der Waals surface area contributed by atoms with Gasteiger partial charge in [0, 0.05) is 26.7 Å². The van der Waals surface area contributed by atoms with Gasteiger partial charge in [0.15, 0.2) is 0 Å². The van der Waals surface area contributed by atoms with Gasteiger partial charge in [0.1, 0.15) is 6.10 Å². The molecule has 0 spiro atoms. The lowest BCUT2D eigenvalue weighted by atomic mass is 10.0. The van der Waals surface area contributed by atoms with Gasteiger partial charge in [-0.1, -0.05) is 207 Å². The Kier molecular flexibility index (Phi) is 47.9. The fraction of sp³-hybridized carbons (Fsp3) is 0.957. The number of carbonyl (C=O) groups excluding carboxylic acids is 2. The first-order valence-corrected chi connectivity index (χ1v) is 23.2. The van der Waals surface area contributed by atoms with E-state index in [0.717, 1.165) is 32.1 Å². The number of nitrogens with one attached hydrogen (secondary N) is 1. The highest BCUT2D eigenvalue weighted by molar-refractivity contribution is 5.81. The molecule has 0 aliphatic carbocycles. The Bertz CT molecular complexity index is 717. The van der Waals surface area contributed by atoms with Crippen molar-refractivity contribution in [2.24, 2.45) is 0 Å². The Morgan fingerprint density at radius 2 is 0.811 bits per heavy atom. The fourth-order valence-corrected chi connectivity index (χ4v) is 7.12. The Hall–Kier alpha value is -1.14. The highest BCUT2D eigenvalue weighted by Crippen LogP contribution is 2.19. The van der Waals surface area contributed by atoms with E-state index in [1.165, 1.54) is 186 Å². The molecule has 53 heavy (non-hydrogen) atoms. The lowest BCUT2D eigenvalue weighted by Crippen LogP contribution is -2.26. The number of hydrogen-bond acceptors (Lipinski definition) is 5. The van der Waals surface area contributed by atoms with Crippen LogP contribution in [0.25, 0.3) is 0 Å². The third kappa shape index (κ3) is 45.1. The Labute approximate surface area is 332 Å². The van der Waals surface area contributed by atoms with Gasteiger partial charge in [0.25, 0.3) is 0 Å². The molecular formula is C47H95NO5. The predicted molar refractivity (Wildman–Crippen MR) is 230 cm³/mol. The maximum absolute atomic E-state index is 12.7. The summed E-state index contributed by atoms with van der Waals surface area (Å²) in [6.45, 7) is 6.87. The van der Waals surface area contributed by atoms with Crippen molar-refractivity contribution in [3.63, 3.8) is 0 Å². The minimum Gasteiger partial charge on any atom is -0.462 e. The first-order chi connectivity index (χ1) is 25.6. The van der Waals surface area contributed by atoms with Crippen LogP contribution in [-0.2, 0) is 23.8 Å². The zero-order chi connectivity index (χ0) is 37.8. The van der Waals surface area contributed by atoms with Crippen molar-refractivity contribution in [1.29, 1.82) is 0 Å².